The summed E-state index contributed by atoms with van der Waals surface area (Å²) in [5, 5.41) is 21.2. The zero-order valence-electron chi connectivity index (χ0n) is 14.8. The van der Waals surface area contributed by atoms with Gasteiger partial charge < -0.3 is 10.1 Å². The smallest absolute Gasteiger partial charge is 0.167 e. The molecule has 2 rings (SSSR count). The number of para-hydroxylation sites is 2. The number of ether oxygens (including phenoxy) is 1. The minimum atomic E-state index is -0.969. The van der Waals surface area contributed by atoms with Crippen LogP contribution in [-0.4, -0.2) is 11.9 Å². The summed E-state index contributed by atoms with van der Waals surface area (Å²) in [6.45, 7) is 5.52. The largest absolute Gasteiger partial charge is 0.495 e. The molecule has 134 valence electrons. The maximum atomic E-state index is 15.0. The maximum absolute atomic E-state index is 15.0. The monoisotopic (exact) mass is 373 g/mol. The van der Waals surface area contributed by atoms with Crippen LogP contribution in [0, 0.1) is 34.3 Å². The fraction of sp³-hybridized carbons (Fsp3) is 0.263. The summed E-state index contributed by atoms with van der Waals surface area (Å²) in [7, 11) is 1.46. The van der Waals surface area contributed by atoms with Crippen molar-refractivity contribution < 1.29 is 13.5 Å². The van der Waals surface area contributed by atoms with Crippen molar-refractivity contribution in [1.82, 2.24) is 0 Å². The van der Waals surface area contributed by atoms with Gasteiger partial charge in [-0.2, -0.15) is 10.5 Å². The molecule has 2 aromatic rings. The molecular weight excluding hydrogens is 356 g/mol. The molecule has 0 saturated heterocycles. The quantitative estimate of drug-likeness (QED) is 0.732. The Balaban J connectivity index is 2.76. The van der Waals surface area contributed by atoms with E-state index in [0.29, 0.717) is 11.4 Å². The summed E-state index contributed by atoms with van der Waals surface area (Å²) < 4.78 is 34.7. The molecule has 0 aliphatic rings. The molecule has 4 nitrogen and oxygen atoms in total. The van der Waals surface area contributed by atoms with E-state index < -0.39 is 27.5 Å². The molecule has 0 spiro atoms. The van der Waals surface area contributed by atoms with Gasteiger partial charge in [0.1, 0.15) is 29.0 Å². The van der Waals surface area contributed by atoms with Crippen LogP contribution in [0.15, 0.2) is 29.2 Å². The molecule has 0 aliphatic carbocycles. The van der Waals surface area contributed by atoms with Gasteiger partial charge in [0.05, 0.1) is 23.4 Å². The van der Waals surface area contributed by atoms with E-state index in [9.17, 15) is 14.9 Å². The van der Waals surface area contributed by atoms with Gasteiger partial charge in [0.25, 0.3) is 0 Å². The molecule has 0 unspecified atom stereocenters. The van der Waals surface area contributed by atoms with Crippen LogP contribution in [0.1, 0.15) is 31.9 Å². The van der Waals surface area contributed by atoms with Crippen LogP contribution < -0.4 is 10.1 Å². The predicted molar refractivity (Wildman–Crippen MR) is 97.7 cm³/mol. The molecular formula is C19H17F2N3OS. The van der Waals surface area contributed by atoms with Crippen molar-refractivity contribution in [3.8, 4) is 17.9 Å². The number of thioether (sulfide) groups is 1. The Bertz CT molecular complexity index is 924. The predicted octanol–water partition coefficient (Wildman–Crippen LogP) is 5.35. The molecule has 0 radical (unpaired) electrons. The van der Waals surface area contributed by atoms with Crippen molar-refractivity contribution in [3.63, 3.8) is 0 Å². The second kappa shape index (κ2) is 7.63. The summed E-state index contributed by atoms with van der Waals surface area (Å²) in [4.78, 5) is -0.0588. The van der Waals surface area contributed by atoms with Crippen LogP contribution in [0.5, 0.6) is 5.75 Å². The SMILES string of the molecule is COc1ccccc1Nc1c(F)c(C#N)c(C#N)c(F)c1SC(C)(C)C. The molecule has 0 bridgehead atoms. The number of hydrogen-bond donors (Lipinski definition) is 1. The summed E-state index contributed by atoms with van der Waals surface area (Å²) in [5.74, 6) is -1.45. The molecule has 26 heavy (non-hydrogen) atoms. The number of halogens is 2. The van der Waals surface area contributed by atoms with Crippen molar-refractivity contribution in [2.24, 2.45) is 0 Å². The van der Waals surface area contributed by atoms with Crippen LogP contribution in [0.25, 0.3) is 0 Å². The molecule has 0 heterocycles. The molecule has 0 atom stereocenters. The molecule has 1 N–H and O–H groups in total. The first kappa shape index (κ1) is 19.6. The number of nitrogens with one attached hydrogen (secondary N) is 1. The molecule has 7 heteroatoms. The normalized spacial score (nSPS) is 10.8. The average Bonchev–Trinajstić information content (AvgIpc) is 2.60. The van der Waals surface area contributed by atoms with Crippen molar-refractivity contribution in [3.05, 3.63) is 47.0 Å². The first-order chi connectivity index (χ1) is 12.2. The number of methoxy groups -OCH3 is 1. The highest BCUT2D eigenvalue weighted by Gasteiger charge is 2.28. The van der Waals surface area contributed by atoms with E-state index in [1.165, 1.54) is 7.11 Å². The zero-order chi connectivity index (χ0) is 19.5. The van der Waals surface area contributed by atoms with E-state index in [4.69, 9.17) is 4.74 Å². The lowest BCUT2D eigenvalue weighted by molar-refractivity contribution is 0.416. The molecule has 0 fully saturated rings. The van der Waals surface area contributed by atoms with Gasteiger partial charge in [-0.05, 0) is 12.1 Å². The number of nitrogens with zero attached hydrogens (tertiary/aromatic N) is 2. The van der Waals surface area contributed by atoms with Gasteiger partial charge in [0.2, 0.25) is 0 Å². The lowest BCUT2D eigenvalue weighted by Crippen LogP contribution is -2.12. The first-order valence-electron chi connectivity index (χ1n) is 7.67. The van der Waals surface area contributed by atoms with Gasteiger partial charge in [-0.15, -0.1) is 11.8 Å². The van der Waals surface area contributed by atoms with E-state index in [1.807, 2.05) is 20.8 Å². The van der Waals surface area contributed by atoms with Crippen molar-refractivity contribution in [2.75, 3.05) is 12.4 Å². The van der Waals surface area contributed by atoms with Gasteiger partial charge in [-0.1, -0.05) is 32.9 Å². The standard InChI is InChI=1S/C19H17F2N3OS/c1-19(2,3)26-18-16(21)12(10-23)11(9-22)15(20)17(18)24-13-7-5-6-8-14(13)25-4/h5-8,24H,1-4H3. The summed E-state index contributed by atoms with van der Waals surface area (Å²) in [5.41, 5.74) is -0.997. The molecule has 2 aromatic carbocycles. The van der Waals surface area contributed by atoms with Gasteiger partial charge in [-0.3, -0.25) is 0 Å². The average molecular weight is 373 g/mol. The highest BCUT2D eigenvalue weighted by atomic mass is 32.2. The lowest BCUT2D eigenvalue weighted by Gasteiger charge is -2.23. The van der Waals surface area contributed by atoms with E-state index >= 15 is 4.39 Å². The Labute approximate surface area is 155 Å². The minimum absolute atomic E-state index is 0.0588. The topological polar surface area (TPSA) is 68.8 Å². The number of anilines is 2. The molecule has 0 amide bonds. The van der Waals surface area contributed by atoms with E-state index in [0.717, 1.165) is 11.8 Å². The summed E-state index contributed by atoms with van der Waals surface area (Å²) in [6, 6.07) is 9.94. The minimum Gasteiger partial charge on any atom is -0.495 e. The van der Waals surface area contributed by atoms with Crippen LogP contribution >= 0.6 is 11.8 Å². The van der Waals surface area contributed by atoms with Crippen LogP contribution in [0.3, 0.4) is 0 Å². The first-order valence-corrected chi connectivity index (χ1v) is 8.49. The highest BCUT2D eigenvalue weighted by molar-refractivity contribution is 8.00. The van der Waals surface area contributed by atoms with Crippen molar-refractivity contribution in [1.29, 1.82) is 10.5 Å². The van der Waals surface area contributed by atoms with Gasteiger partial charge >= 0.3 is 0 Å². The second-order valence-corrected chi connectivity index (χ2v) is 8.18. The third kappa shape index (κ3) is 3.89. The van der Waals surface area contributed by atoms with Crippen molar-refractivity contribution in [2.45, 2.75) is 30.4 Å². The van der Waals surface area contributed by atoms with Gasteiger partial charge in [-0.25, -0.2) is 8.78 Å². The van der Waals surface area contributed by atoms with Gasteiger partial charge in [0.15, 0.2) is 11.6 Å². The lowest BCUT2D eigenvalue weighted by atomic mass is 10.1. The number of hydrogen-bond acceptors (Lipinski definition) is 5. The Morgan fingerprint density at radius 2 is 1.62 bits per heavy atom. The molecule has 0 aliphatic heterocycles. The Morgan fingerprint density at radius 1 is 1.04 bits per heavy atom. The van der Waals surface area contributed by atoms with E-state index in [-0.39, 0.29) is 10.6 Å². The van der Waals surface area contributed by atoms with Crippen LogP contribution in [0.2, 0.25) is 0 Å². The fourth-order valence-corrected chi connectivity index (χ4v) is 3.32. The third-order valence-electron chi connectivity index (χ3n) is 3.33. The van der Waals surface area contributed by atoms with E-state index in [2.05, 4.69) is 5.32 Å². The number of benzene rings is 2. The molecule has 0 aromatic heterocycles. The number of rotatable bonds is 4. The van der Waals surface area contributed by atoms with E-state index in [1.54, 1.807) is 36.4 Å². The summed E-state index contributed by atoms with van der Waals surface area (Å²) >= 11 is 1.07. The van der Waals surface area contributed by atoms with Gasteiger partial charge in [0, 0.05) is 4.75 Å². The number of nitriles is 2. The Hall–Kier alpha value is -2.77. The van der Waals surface area contributed by atoms with Crippen LogP contribution in [0.4, 0.5) is 20.2 Å². The molecule has 0 saturated carbocycles. The Kier molecular flexibility index (Phi) is 5.74. The fourth-order valence-electron chi connectivity index (χ4n) is 2.27. The second-order valence-electron chi connectivity index (χ2n) is 6.35. The Morgan fingerprint density at radius 3 is 2.15 bits per heavy atom. The van der Waals surface area contributed by atoms with Crippen LogP contribution in [-0.2, 0) is 0 Å². The van der Waals surface area contributed by atoms with Crippen molar-refractivity contribution >= 4 is 23.1 Å². The highest BCUT2D eigenvalue weighted by Crippen LogP contribution is 2.44. The summed E-state index contributed by atoms with van der Waals surface area (Å²) in [6.07, 6.45) is 0. The maximum Gasteiger partial charge on any atom is 0.167 e. The third-order valence-corrected chi connectivity index (χ3v) is 4.53. The zero-order valence-corrected chi connectivity index (χ0v) is 15.6.